The number of hydrogen-bond acceptors (Lipinski definition) is 4. The van der Waals surface area contributed by atoms with Crippen LogP contribution in [0.4, 0.5) is 0 Å². The number of esters is 1. The Morgan fingerprint density at radius 2 is 2.04 bits per heavy atom. The Bertz CT molecular complexity index is 837. The number of carbonyl (C=O) groups is 1. The summed E-state index contributed by atoms with van der Waals surface area (Å²) in [6.45, 7) is 3.83. The van der Waals surface area contributed by atoms with Crippen molar-refractivity contribution in [1.82, 2.24) is 0 Å². The smallest absolute Gasteiger partial charge is 0.349 e. The predicted octanol–water partition coefficient (Wildman–Crippen LogP) is 4.56. The van der Waals surface area contributed by atoms with Gasteiger partial charge in [0.15, 0.2) is 0 Å². The molecule has 0 aliphatic heterocycles. The second-order valence-corrected chi connectivity index (χ2v) is 5.42. The molecule has 0 saturated carbocycles. The Kier molecular flexibility index (Phi) is 6.82. The molecule has 0 unspecified atom stereocenters. The number of nitrogens with zero attached hydrogens (tertiary/aromatic N) is 1. The maximum absolute atomic E-state index is 11.8. The van der Waals surface area contributed by atoms with Crippen LogP contribution >= 0.6 is 11.6 Å². The van der Waals surface area contributed by atoms with Crippen LogP contribution in [0.2, 0.25) is 5.02 Å². The molecule has 0 spiro atoms. The third-order valence-electron chi connectivity index (χ3n) is 3.19. The number of ether oxygens (including phenoxy) is 2. The third-order valence-corrected chi connectivity index (χ3v) is 3.56. The summed E-state index contributed by atoms with van der Waals surface area (Å²) in [6, 6.07) is 16.3. The number of benzene rings is 2. The van der Waals surface area contributed by atoms with Crippen molar-refractivity contribution in [3.63, 3.8) is 0 Å². The molecule has 0 amide bonds. The van der Waals surface area contributed by atoms with Crippen LogP contribution in [0.3, 0.4) is 0 Å². The molecule has 4 nitrogen and oxygen atoms in total. The normalized spacial score (nSPS) is 10.6. The van der Waals surface area contributed by atoms with Crippen molar-refractivity contribution in [2.45, 2.75) is 6.61 Å². The number of halogens is 1. The maximum atomic E-state index is 11.8. The van der Waals surface area contributed by atoms with Gasteiger partial charge in [0.05, 0.1) is 0 Å². The first kappa shape index (κ1) is 18.3. The van der Waals surface area contributed by atoms with Gasteiger partial charge in [-0.05, 0) is 29.8 Å². The highest BCUT2D eigenvalue weighted by atomic mass is 35.5. The SMILES string of the molecule is C=CCOC(=O)/C(C#N)=C/c1cccc(OCc2ccccc2Cl)c1. The summed E-state index contributed by atoms with van der Waals surface area (Å²) in [6.07, 6.45) is 2.89. The van der Waals surface area contributed by atoms with Crippen molar-refractivity contribution < 1.29 is 14.3 Å². The largest absolute Gasteiger partial charge is 0.489 e. The van der Waals surface area contributed by atoms with E-state index in [1.807, 2.05) is 24.3 Å². The molecular weight excluding hydrogens is 338 g/mol. The molecule has 0 heterocycles. The molecule has 2 rings (SSSR count). The molecule has 2 aromatic carbocycles. The highest BCUT2D eigenvalue weighted by molar-refractivity contribution is 6.31. The van der Waals surface area contributed by atoms with Gasteiger partial charge in [0.25, 0.3) is 0 Å². The van der Waals surface area contributed by atoms with Crippen LogP contribution in [-0.2, 0) is 16.1 Å². The van der Waals surface area contributed by atoms with Crippen LogP contribution in [0.15, 0.2) is 66.8 Å². The van der Waals surface area contributed by atoms with E-state index in [0.29, 0.717) is 22.9 Å². The fraction of sp³-hybridized carbons (Fsp3) is 0.100. The number of carbonyl (C=O) groups excluding carboxylic acids is 1. The Morgan fingerprint density at radius 1 is 1.24 bits per heavy atom. The van der Waals surface area contributed by atoms with E-state index in [4.69, 9.17) is 26.3 Å². The van der Waals surface area contributed by atoms with E-state index >= 15 is 0 Å². The highest BCUT2D eigenvalue weighted by Crippen LogP contribution is 2.20. The minimum atomic E-state index is -0.690. The van der Waals surface area contributed by atoms with Crippen molar-refractivity contribution in [2.24, 2.45) is 0 Å². The van der Waals surface area contributed by atoms with Crippen molar-refractivity contribution in [3.05, 3.63) is 82.9 Å². The molecule has 126 valence electrons. The molecule has 5 heteroatoms. The zero-order chi connectivity index (χ0) is 18.1. The highest BCUT2D eigenvalue weighted by Gasteiger charge is 2.10. The van der Waals surface area contributed by atoms with Crippen molar-refractivity contribution in [3.8, 4) is 11.8 Å². The Morgan fingerprint density at radius 3 is 2.76 bits per heavy atom. The molecule has 0 N–H and O–H groups in total. The van der Waals surface area contributed by atoms with Crippen LogP contribution in [0.1, 0.15) is 11.1 Å². The fourth-order valence-electron chi connectivity index (χ4n) is 1.99. The number of rotatable bonds is 7. The fourth-order valence-corrected chi connectivity index (χ4v) is 2.18. The maximum Gasteiger partial charge on any atom is 0.349 e. The molecule has 0 atom stereocenters. The summed E-state index contributed by atoms with van der Waals surface area (Å²) >= 11 is 6.10. The van der Waals surface area contributed by atoms with Crippen molar-refractivity contribution >= 4 is 23.6 Å². The molecule has 0 aliphatic rings. The van der Waals surface area contributed by atoms with E-state index in [1.165, 1.54) is 12.2 Å². The predicted molar refractivity (Wildman–Crippen MR) is 97.0 cm³/mol. The molecule has 0 radical (unpaired) electrons. The standard InChI is InChI=1S/C20H16ClNO3/c1-2-10-24-20(23)17(13-22)11-15-6-5-8-18(12-15)25-14-16-7-3-4-9-19(16)21/h2-9,11-12H,1,10,14H2/b17-11+. The summed E-state index contributed by atoms with van der Waals surface area (Å²) in [5.41, 5.74) is 1.43. The van der Waals surface area contributed by atoms with Gasteiger partial charge in [0, 0.05) is 10.6 Å². The van der Waals surface area contributed by atoms with Gasteiger partial charge in [-0.3, -0.25) is 0 Å². The van der Waals surface area contributed by atoms with E-state index in [0.717, 1.165) is 5.56 Å². The molecule has 2 aromatic rings. The average Bonchev–Trinajstić information content (AvgIpc) is 2.64. The first-order valence-electron chi connectivity index (χ1n) is 7.50. The van der Waals surface area contributed by atoms with Gasteiger partial charge in [-0.25, -0.2) is 4.79 Å². The lowest BCUT2D eigenvalue weighted by atomic mass is 10.1. The van der Waals surface area contributed by atoms with Gasteiger partial charge in [-0.15, -0.1) is 0 Å². The zero-order valence-corrected chi connectivity index (χ0v) is 14.2. The summed E-state index contributed by atoms with van der Waals surface area (Å²) in [5, 5.41) is 9.75. The number of nitriles is 1. The number of hydrogen-bond donors (Lipinski definition) is 0. The molecule has 0 bridgehead atoms. The quantitative estimate of drug-likeness (QED) is 0.317. The monoisotopic (exact) mass is 353 g/mol. The van der Waals surface area contributed by atoms with Gasteiger partial charge in [-0.2, -0.15) is 5.26 Å². The molecule has 0 aliphatic carbocycles. The van der Waals surface area contributed by atoms with Crippen LogP contribution < -0.4 is 4.74 Å². The molecular formula is C20H16ClNO3. The van der Waals surface area contributed by atoms with E-state index in [2.05, 4.69) is 6.58 Å². The molecule has 0 saturated heterocycles. The van der Waals surface area contributed by atoms with Crippen molar-refractivity contribution in [2.75, 3.05) is 6.61 Å². The molecule has 0 aromatic heterocycles. The first-order chi connectivity index (χ1) is 12.1. The second-order valence-electron chi connectivity index (χ2n) is 5.01. The minimum Gasteiger partial charge on any atom is -0.489 e. The Labute approximate surface area is 151 Å². The molecule has 25 heavy (non-hydrogen) atoms. The first-order valence-corrected chi connectivity index (χ1v) is 7.88. The average molecular weight is 354 g/mol. The van der Waals surface area contributed by atoms with E-state index in [9.17, 15) is 4.79 Å². The van der Waals surface area contributed by atoms with E-state index in [-0.39, 0.29) is 12.2 Å². The summed E-state index contributed by atoms with van der Waals surface area (Å²) in [5.74, 6) is -0.0878. The lowest BCUT2D eigenvalue weighted by Gasteiger charge is -2.08. The van der Waals surface area contributed by atoms with Gasteiger partial charge in [-0.1, -0.05) is 54.6 Å². The van der Waals surface area contributed by atoms with Crippen LogP contribution in [0, 0.1) is 11.3 Å². The van der Waals surface area contributed by atoms with Crippen LogP contribution in [-0.4, -0.2) is 12.6 Å². The molecule has 0 fully saturated rings. The topological polar surface area (TPSA) is 59.3 Å². The Hall–Kier alpha value is -3.03. The van der Waals surface area contributed by atoms with Gasteiger partial charge in [0.2, 0.25) is 0 Å². The summed E-state index contributed by atoms with van der Waals surface area (Å²) in [7, 11) is 0. The van der Waals surface area contributed by atoms with Gasteiger partial charge < -0.3 is 9.47 Å². The summed E-state index contributed by atoms with van der Waals surface area (Å²) < 4.78 is 10.6. The van der Waals surface area contributed by atoms with Gasteiger partial charge in [0.1, 0.15) is 30.6 Å². The van der Waals surface area contributed by atoms with Crippen molar-refractivity contribution in [1.29, 1.82) is 5.26 Å². The van der Waals surface area contributed by atoms with Crippen LogP contribution in [0.5, 0.6) is 5.75 Å². The van der Waals surface area contributed by atoms with E-state index < -0.39 is 5.97 Å². The third kappa shape index (κ3) is 5.52. The van der Waals surface area contributed by atoms with E-state index in [1.54, 1.807) is 30.3 Å². The lowest BCUT2D eigenvalue weighted by Crippen LogP contribution is -2.06. The zero-order valence-electron chi connectivity index (χ0n) is 13.4. The van der Waals surface area contributed by atoms with Crippen LogP contribution in [0.25, 0.3) is 6.08 Å². The van der Waals surface area contributed by atoms with Gasteiger partial charge >= 0.3 is 5.97 Å². The Balaban J connectivity index is 2.11. The second kappa shape index (κ2) is 9.31. The summed E-state index contributed by atoms with van der Waals surface area (Å²) in [4.78, 5) is 11.8. The minimum absolute atomic E-state index is 0.0544. The lowest BCUT2D eigenvalue weighted by molar-refractivity contribution is -0.137.